The predicted octanol–water partition coefficient (Wildman–Crippen LogP) is 3.05. The molecule has 130 valence electrons. The van der Waals surface area contributed by atoms with Crippen LogP contribution in [0.3, 0.4) is 0 Å². The largest absolute Gasteiger partial charge is 0.353 e. The van der Waals surface area contributed by atoms with E-state index in [1.807, 2.05) is 17.0 Å². The Balaban J connectivity index is 1.72. The highest BCUT2D eigenvalue weighted by Crippen LogP contribution is 2.30. The number of halogens is 1. The van der Waals surface area contributed by atoms with E-state index in [1.165, 1.54) is 12.0 Å². The minimum Gasteiger partial charge on any atom is -0.353 e. The van der Waals surface area contributed by atoms with E-state index >= 15 is 0 Å². The number of rotatable bonds is 4. The van der Waals surface area contributed by atoms with Gasteiger partial charge in [-0.3, -0.25) is 9.59 Å². The molecule has 4 nitrogen and oxygen atoms in total. The lowest BCUT2D eigenvalue weighted by molar-refractivity contribution is -0.132. The number of benzene rings is 1. The normalized spacial score (nSPS) is 21.2. The molecule has 1 saturated carbocycles. The van der Waals surface area contributed by atoms with E-state index < -0.39 is 0 Å². The van der Waals surface area contributed by atoms with Gasteiger partial charge in [0.15, 0.2) is 0 Å². The van der Waals surface area contributed by atoms with Gasteiger partial charge in [0.25, 0.3) is 0 Å². The highest BCUT2D eigenvalue weighted by molar-refractivity contribution is 6.27. The van der Waals surface area contributed by atoms with Gasteiger partial charge in [-0.15, -0.1) is 11.6 Å². The number of hydrogen-bond acceptors (Lipinski definition) is 2. The number of carbonyl (C=O) groups is 2. The van der Waals surface area contributed by atoms with Crippen molar-refractivity contribution in [3.8, 4) is 0 Å². The fourth-order valence-corrected chi connectivity index (χ4v) is 4.11. The van der Waals surface area contributed by atoms with Crippen LogP contribution in [-0.2, 0) is 16.0 Å². The maximum Gasteiger partial charge on any atom is 0.238 e. The van der Waals surface area contributed by atoms with Crippen molar-refractivity contribution in [3.05, 3.63) is 35.4 Å². The zero-order valence-electron chi connectivity index (χ0n) is 14.0. The lowest BCUT2D eigenvalue weighted by Crippen LogP contribution is -2.46. The quantitative estimate of drug-likeness (QED) is 0.850. The van der Waals surface area contributed by atoms with Crippen molar-refractivity contribution in [2.75, 3.05) is 19.0 Å². The Morgan fingerprint density at radius 3 is 2.67 bits per heavy atom. The third kappa shape index (κ3) is 3.75. The molecule has 1 aliphatic carbocycles. The molecule has 1 aliphatic heterocycles. The summed E-state index contributed by atoms with van der Waals surface area (Å²) in [5, 5.41) is 3.10. The second kappa shape index (κ2) is 8.02. The summed E-state index contributed by atoms with van der Waals surface area (Å²) in [6, 6.07) is 8.06. The number of carbonyl (C=O) groups excluding carboxylic acids is 2. The highest BCUT2D eigenvalue weighted by atomic mass is 35.5. The van der Waals surface area contributed by atoms with Crippen LogP contribution in [0.2, 0.25) is 0 Å². The van der Waals surface area contributed by atoms with Crippen LogP contribution in [-0.4, -0.2) is 35.7 Å². The van der Waals surface area contributed by atoms with Crippen LogP contribution in [0, 0.1) is 5.92 Å². The molecule has 2 aliphatic rings. The molecule has 24 heavy (non-hydrogen) atoms. The van der Waals surface area contributed by atoms with Crippen molar-refractivity contribution in [2.45, 2.75) is 44.6 Å². The van der Waals surface area contributed by atoms with Crippen molar-refractivity contribution in [1.29, 1.82) is 0 Å². The first kappa shape index (κ1) is 17.3. The summed E-state index contributed by atoms with van der Waals surface area (Å²) in [6.45, 7) is 1.13. The van der Waals surface area contributed by atoms with Gasteiger partial charge in [-0.1, -0.05) is 43.5 Å². The van der Waals surface area contributed by atoms with E-state index in [2.05, 4.69) is 17.4 Å². The Labute approximate surface area is 148 Å². The highest BCUT2D eigenvalue weighted by Gasteiger charge is 2.31. The van der Waals surface area contributed by atoms with E-state index in [-0.39, 0.29) is 29.7 Å². The standard InChI is InChI=1S/C19H25ClN2O2/c20-12-18(23)22-11-10-14-6-4-5-9-16(14)17(22)13-21-19(24)15-7-2-1-3-8-15/h4-6,9,15,17H,1-3,7-8,10-13H2,(H,21,24). The van der Waals surface area contributed by atoms with Gasteiger partial charge in [0, 0.05) is 19.0 Å². The van der Waals surface area contributed by atoms with Gasteiger partial charge in [0.1, 0.15) is 5.88 Å². The molecule has 2 amide bonds. The lowest BCUT2D eigenvalue weighted by atomic mass is 9.88. The Bertz CT molecular complexity index is 599. The lowest BCUT2D eigenvalue weighted by Gasteiger charge is -2.37. The molecular weight excluding hydrogens is 324 g/mol. The summed E-state index contributed by atoms with van der Waals surface area (Å²) in [4.78, 5) is 26.5. The first-order valence-corrected chi connectivity index (χ1v) is 9.45. The van der Waals surface area contributed by atoms with E-state index in [9.17, 15) is 9.59 Å². The molecule has 1 fully saturated rings. The Hall–Kier alpha value is -1.55. The average Bonchev–Trinajstić information content (AvgIpc) is 2.65. The van der Waals surface area contributed by atoms with Crippen molar-refractivity contribution in [1.82, 2.24) is 10.2 Å². The molecule has 1 aromatic rings. The number of alkyl halides is 1. The molecule has 0 saturated heterocycles. The predicted molar refractivity (Wildman–Crippen MR) is 94.9 cm³/mol. The first-order chi connectivity index (χ1) is 11.7. The molecule has 1 unspecified atom stereocenters. The second-order valence-electron chi connectivity index (χ2n) is 6.77. The molecule has 1 atom stereocenters. The maximum atomic E-state index is 12.5. The molecule has 0 aromatic heterocycles. The van der Waals surface area contributed by atoms with Crippen molar-refractivity contribution in [3.63, 3.8) is 0 Å². The van der Waals surface area contributed by atoms with Gasteiger partial charge in [0.05, 0.1) is 6.04 Å². The molecule has 0 radical (unpaired) electrons. The fraction of sp³-hybridized carbons (Fsp3) is 0.579. The molecule has 1 N–H and O–H groups in total. The summed E-state index contributed by atoms with van der Waals surface area (Å²) in [6.07, 6.45) is 6.32. The van der Waals surface area contributed by atoms with Crippen LogP contribution in [0.4, 0.5) is 0 Å². The van der Waals surface area contributed by atoms with E-state index in [4.69, 9.17) is 11.6 Å². The van der Waals surface area contributed by atoms with Gasteiger partial charge < -0.3 is 10.2 Å². The van der Waals surface area contributed by atoms with E-state index in [0.29, 0.717) is 13.1 Å². The molecule has 0 spiro atoms. The molecule has 0 bridgehead atoms. The van der Waals surface area contributed by atoms with Gasteiger partial charge in [-0.05, 0) is 30.4 Å². The smallest absolute Gasteiger partial charge is 0.238 e. The van der Waals surface area contributed by atoms with Crippen molar-refractivity contribution >= 4 is 23.4 Å². The van der Waals surface area contributed by atoms with Crippen LogP contribution >= 0.6 is 11.6 Å². The molecule has 1 heterocycles. The van der Waals surface area contributed by atoms with Crippen molar-refractivity contribution < 1.29 is 9.59 Å². The fourth-order valence-electron chi connectivity index (χ4n) is 3.95. The monoisotopic (exact) mass is 348 g/mol. The molecule has 1 aromatic carbocycles. The van der Waals surface area contributed by atoms with Gasteiger partial charge in [0.2, 0.25) is 11.8 Å². The second-order valence-corrected chi connectivity index (χ2v) is 7.03. The Morgan fingerprint density at radius 2 is 1.92 bits per heavy atom. The van der Waals surface area contributed by atoms with Crippen molar-refractivity contribution in [2.24, 2.45) is 5.92 Å². The minimum absolute atomic E-state index is 0.0186. The molecule has 5 heteroatoms. The number of nitrogens with zero attached hydrogens (tertiary/aromatic N) is 1. The van der Waals surface area contributed by atoms with E-state index in [0.717, 1.165) is 37.7 Å². The number of nitrogens with one attached hydrogen (secondary N) is 1. The zero-order valence-corrected chi connectivity index (χ0v) is 14.7. The van der Waals surface area contributed by atoms with Crippen LogP contribution in [0.5, 0.6) is 0 Å². The first-order valence-electron chi connectivity index (χ1n) is 8.91. The van der Waals surface area contributed by atoms with Gasteiger partial charge in [-0.25, -0.2) is 0 Å². The summed E-state index contributed by atoms with van der Waals surface area (Å²) in [7, 11) is 0. The SMILES string of the molecule is O=C(NCC1c2ccccc2CCN1C(=O)CCl)C1CCCCC1. The van der Waals surface area contributed by atoms with Crippen LogP contribution in [0.15, 0.2) is 24.3 Å². The van der Waals surface area contributed by atoms with Gasteiger partial charge in [-0.2, -0.15) is 0 Å². The Morgan fingerprint density at radius 1 is 1.17 bits per heavy atom. The summed E-state index contributed by atoms with van der Waals surface area (Å²) < 4.78 is 0. The number of hydrogen-bond donors (Lipinski definition) is 1. The zero-order chi connectivity index (χ0) is 16.9. The third-order valence-electron chi connectivity index (χ3n) is 5.29. The maximum absolute atomic E-state index is 12.5. The summed E-state index contributed by atoms with van der Waals surface area (Å²) in [5.74, 6) is 0.184. The summed E-state index contributed by atoms with van der Waals surface area (Å²) in [5.41, 5.74) is 2.39. The Kier molecular flexibility index (Phi) is 5.77. The topological polar surface area (TPSA) is 49.4 Å². The van der Waals surface area contributed by atoms with Crippen LogP contribution < -0.4 is 5.32 Å². The van der Waals surface area contributed by atoms with Crippen LogP contribution in [0.25, 0.3) is 0 Å². The minimum atomic E-state index is -0.117. The molecule has 3 rings (SSSR count). The average molecular weight is 349 g/mol. The molecular formula is C19H25ClN2O2. The van der Waals surface area contributed by atoms with E-state index in [1.54, 1.807) is 0 Å². The number of fused-ring (bicyclic) bond motifs is 1. The number of amides is 2. The third-order valence-corrected chi connectivity index (χ3v) is 5.52. The van der Waals surface area contributed by atoms with Gasteiger partial charge >= 0.3 is 0 Å². The summed E-state index contributed by atoms with van der Waals surface area (Å²) >= 11 is 5.78. The van der Waals surface area contributed by atoms with Crippen LogP contribution in [0.1, 0.15) is 49.3 Å².